The molecule has 0 spiro atoms. The average Bonchev–Trinajstić information content (AvgIpc) is 3.37. The Morgan fingerprint density at radius 3 is 1.97 bits per heavy atom. The van der Waals surface area contributed by atoms with Gasteiger partial charge in [0.25, 0.3) is 11.5 Å². The second-order valence-corrected chi connectivity index (χ2v) is 7.73. The number of nitrogens with one attached hydrogen (secondary N) is 5. The first-order valence-electron chi connectivity index (χ1n) is 10.7. The molecule has 0 fully saturated rings. The highest BCUT2D eigenvalue weighted by atomic mass is 16.2. The van der Waals surface area contributed by atoms with Crippen LogP contribution >= 0.6 is 0 Å². The Hall–Kier alpha value is -4.99. The minimum atomic E-state index is -0.368. The predicted molar refractivity (Wildman–Crippen MR) is 134 cm³/mol. The lowest BCUT2D eigenvalue weighted by Gasteiger charge is -2.05. The summed E-state index contributed by atoms with van der Waals surface area (Å²) in [4.78, 5) is 47.1. The van der Waals surface area contributed by atoms with Crippen LogP contribution in [-0.4, -0.2) is 33.6 Å². The molecule has 35 heavy (non-hydrogen) atoms. The molecule has 3 amide bonds. The average molecular weight is 470 g/mol. The molecule has 0 radical (unpaired) electrons. The number of anilines is 2. The molecule has 1 aromatic heterocycles. The molecule has 4 rings (SSSR count). The van der Waals surface area contributed by atoms with Gasteiger partial charge in [-0.25, -0.2) is 5.43 Å². The van der Waals surface area contributed by atoms with Crippen LogP contribution in [0.5, 0.6) is 0 Å². The Morgan fingerprint density at radius 1 is 0.829 bits per heavy atom. The van der Waals surface area contributed by atoms with Crippen LogP contribution in [0, 0.1) is 0 Å². The lowest BCUT2D eigenvalue weighted by atomic mass is 10.0. The van der Waals surface area contributed by atoms with E-state index in [1.165, 1.54) is 13.8 Å². The number of benzene rings is 2. The highest BCUT2D eigenvalue weighted by Gasteiger charge is 2.23. The van der Waals surface area contributed by atoms with E-state index in [0.717, 1.165) is 5.56 Å². The zero-order chi connectivity index (χ0) is 24.9. The maximum Gasteiger partial charge on any atom is 0.273 e. The Labute approximate surface area is 199 Å². The number of allylic oxidation sites excluding steroid dienone is 2. The maximum atomic E-state index is 12.4. The van der Waals surface area contributed by atoms with E-state index in [0.29, 0.717) is 39.5 Å². The van der Waals surface area contributed by atoms with E-state index in [-0.39, 0.29) is 23.3 Å². The number of amides is 3. The van der Waals surface area contributed by atoms with Gasteiger partial charge in [-0.05, 0) is 36.4 Å². The highest BCUT2D eigenvalue weighted by molar-refractivity contribution is 6.31. The third-order valence-electron chi connectivity index (χ3n) is 5.08. The van der Waals surface area contributed by atoms with Crippen LogP contribution in [0.3, 0.4) is 0 Å². The Balaban J connectivity index is 1.57. The predicted octanol–water partition coefficient (Wildman–Crippen LogP) is 2.76. The lowest BCUT2D eigenvalue weighted by molar-refractivity contribution is -0.116. The molecule has 10 nitrogen and oxygen atoms in total. The van der Waals surface area contributed by atoms with Crippen molar-refractivity contribution in [2.45, 2.75) is 13.8 Å². The maximum absolute atomic E-state index is 12.4. The fraction of sp³-hybridized carbons (Fsp3) is 0.0800. The molecule has 0 atom stereocenters. The van der Waals surface area contributed by atoms with Crippen molar-refractivity contribution in [3.8, 4) is 11.3 Å². The summed E-state index contributed by atoms with van der Waals surface area (Å²) in [5.41, 5.74) is 6.57. The molecule has 1 aliphatic heterocycles. The number of hydrogen-bond donors (Lipinski definition) is 5. The number of aromatic amines is 2. The van der Waals surface area contributed by atoms with Gasteiger partial charge >= 0.3 is 0 Å². The van der Waals surface area contributed by atoms with Crippen molar-refractivity contribution < 1.29 is 14.4 Å². The molecule has 0 aliphatic carbocycles. The van der Waals surface area contributed by atoms with Crippen molar-refractivity contribution in [3.63, 3.8) is 0 Å². The van der Waals surface area contributed by atoms with Gasteiger partial charge < -0.3 is 10.6 Å². The van der Waals surface area contributed by atoms with Crippen LogP contribution in [0.1, 0.15) is 25.0 Å². The van der Waals surface area contributed by atoms with Crippen LogP contribution in [0.4, 0.5) is 11.4 Å². The smallest absolute Gasteiger partial charge is 0.273 e. The normalized spacial score (nSPS) is 14.2. The summed E-state index contributed by atoms with van der Waals surface area (Å²) >= 11 is 0. The third-order valence-corrected chi connectivity index (χ3v) is 5.08. The molecule has 0 bridgehead atoms. The van der Waals surface area contributed by atoms with E-state index in [1.54, 1.807) is 66.8 Å². The first-order valence-corrected chi connectivity index (χ1v) is 10.7. The van der Waals surface area contributed by atoms with E-state index >= 15 is 0 Å². The van der Waals surface area contributed by atoms with Gasteiger partial charge in [0, 0.05) is 36.3 Å². The summed E-state index contributed by atoms with van der Waals surface area (Å²) in [5, 5.41) is 14.9. The fourth-order valence-corrected chi connectivity index (χ4v) is 3.54. The third kappa shape index (κ3) is 5.33. The van der Waals surface area contributed by atoms with Crippen LogP contribution in [0.15, 0.2) is 76.2 Å². The zero-order valence-electron chi connectivity index (χ0n) is 18.9. The second kappa shape index (κ2) is 9.87. The van der Waals surface area contributed by atoms with Crippen molar-refractivity contribution in [1.82, 2.24) is 15.6 Å². The van der Waals surface area contributed by atoms with Crippen molar-refractivity contribution >= 4 is 40.9 Å². The number of hydrogen-bond acceptors (Lipinski definition) is 5. The summed E-state index contributed by atoms with van der Waals surface area (Å²) in [6.07, 6.45) is 4.79. The van der Waals surface area contributed by atoms with Crippen LogP contribution in [-0.2, 0) is 14.4 Å². The molecule has 0 saturated carbocycles. The number of nitrogens with zero attached hydrogens (tertiary/aromatic N) is 1. The molecule has 0 saturated heterocycles. The van der Waals surface area contributed by atoms with E-state index in [9.17, 15) is 19.2 Å². The summed E-state index contributed by atoms with van der Waals surface area (Å²) < 4.78 is 0. The quantitative estimate of drug-likeness (QED) is 0.352. The van der Waals surface area contributed by atoms with Gasteiger partial charge in [0.15, 0.2) is 0 Å². The molecular formula is C25H22N6O4. The monoisotopic (exact) mass is 470 g/mol. The number of carbonyl (C=O) groups excluding carboxylic acids is 3. The van der Waals surface area contributed by atoms with Crippen molar-refractivity contribution in [1.29, 1.82) is 0 Å². The molecule has 5 N–H and O–H groups in total. The largest absolute Gasteiger partial charge is 0.326 e. The van der Waals surface area contributed by atoms with Crippen LogP contribution in [0.2, 0.25) is 0 Å². The first-order chi connectivity index (χ1) is 16.8. The Morgan fingerprint density at radius 2 is 1.40 bits per heavy atom. The summed E-state index contributed by atoms with van der Waals surface area (Å²) in [6.45, 7) is 2.85. The molecule has 0 unspecified atom stereocenters. The number of rotatable bonds is 6. The second-order valence-electron chi connectivity index (χ2n) is 7.73. The van der Waals surface area contributed by atoms with Crippen molar-refractivity contribution in [3.05, 3.63) is 87.7 Å². The molecule has 176 valence electrons. The van der Waals surface area contributed by atoms with E-state index in [1.807, 2.05) is 0 Å². The molecule has 2 heterocycles. The van der Waals surface area contributed by atoms with Gasteiger partial charge in [-0.1, -0.05) is 30.3 Å². The van der Waals surface area contributed by atoms with E-state index in [2.05, 4.69) is 31.4 Å². The number of carbonyl (C=O) groups is 3. The Bertz CT molecular complexity index is 1440. The first kappa shape index (κ1) is 23.2. The number of hydrazone groups is 1. The van der Waals surface area contributed by atoms with E-state index in [4.69, 9.17) is 0 Å². The van der Waals surface area contributed by atoms with Crippen LogP contribution in [0.25, 0.3) is 17.3 Å². The summed E-state index contributed by atoms with van der Waals surface area (Å²) in [6, 6.07) is 14.0. The van der Waals surface area contributed by atoms with Crippen molar-refractivity contribution in [2.75, 3.05) is 10.6 Å². The van der Waals surface area contributed by atoms with Gasteiger partial charge in [-0.2, -0.15) is 5.10 Å². The highest BCUT2D eigenvalue weighted by Crippen LogP contribution is 2.23. The molecule has 1 aliphatic rings. The van der Waals surface area contributed by atoms with Crippen molar-refractivity contribution in [2.24, 2.45) is 5.10 Å². The fourth-order valence-electron chi connectivity index (χ4n) is 3.54. The minimum Gasteiger partial charge on any atom is -0.326 e. The van der Waals surface area contributed by atoms with Gasteiger partial charge in [0.2, 0.25) is 11.8 Å². The topological polar surface area (TPSA) is 148 Å². The summed E-state index contributed by atoms with van der Waals surface area (Å²) in [7, 11) is 0. The zero-order valence-corrected chi connectivity index (χ0v) is 18.9. The van der Waals surface area contributed by atoms with Gasteiger partial charge in [0.05, 0.1) is 16.8 Å². The molecule has 2 aromatic carbocycles. The standard InChI is InChI=1S/C25H22N6O4/c1-14(32)26-18-10-6-16(7-11-18)22-20(24(34)30-28-22)4-3-5-21-23(29-31-25(21)35)17-8-12-19(13-9-17)27-15(2)33/h3-13H,1-2H3,(H,26,32)(H,27,33)(H,30,34)(H2,29,31,35)/b5-3?,20-4-. The SMILES string of the molecule is CC(=O)Nc1ccc(C2=NNC(=O)/C2=C\C=Cc2c(-c3ccc(NC(C)=O)cc3)[nH][nH]c2=O)cc1. The van der Waals surface area contributed by atoms with Gasteiger partial charge in [0.1, 0.15) is 5.71 Å². The Kier molecular flexibility index (Phi) is 6.54. The van der Waals surface area contributed by atoms with Gasteiger partial charge in [-0.3, -0.25) is 29.4 Å². The number of H-pyrrole nitrogens is 2. The van der Waals surface area contributed by atoms with Gasteiger partial charge in [-0.15, -0.1) is 0 Å². The van der Waals surface area contributed by atoms with Crippen LogP contribution < -0.4 is 21.6 Å². The lowest BCUT2D eigenvalue weighted by Crippen LogP contribution is -2.13. The van der Waals surface area contributed by atoms with E-state index < -0.39 is 0 Å². The molecular weight excluding hydrogens is 448 g/mol. The summed E-state index contributed by atoms with van der Waals surface area (Å²) in [5.74, 6) is -0.722. The molecule has 3 aromatic rings. The molecule has 10 heteroatoms. The number of aromatic nitrogens is 2. The minimum absolute atomic E-state index is 0.174.